The Kier molecular flexibility index (Phi) is 4.49. The molecule has 0 radical (unpaired) electrons. The SMILES string of the molecule is CCNc1cc(CC(C)NC)nc(C)n1. The van der Waals surface area contributed by atoms with Gasteiger partial charge in [0.05, 0.1) is 0 Å². The number of rotatable bonds is 5. The summed E-state index contributed by atoms with van der Waals surface area (Å²) in [6, 6.07) is 2.46. The van der Waals surface area contributed by atoms with E-state index in [-0.39, 0.29) is 0 Å². The molecule has 0 aliphatic rings. The number of hydrogen-bond acceptors (Lipinski definition) is 4. The van der Waals surface area contributed by atoms with Crippen LogP contribution in [0.4, 0.5) is 5.82 Å². The summed E-state index contributed by atoms with van der Waals surface area (Å²) in [6.45, 7) is 7.02. The van der Waals surface area contributed by atoms with Crippen molar-refractivity contribution >= 4 is 5.82 Å². The smallest absolute Gasteiger partial charge is 0.129 e. The van der Waals surface area contributed by atoms with Crippen LogP contribution in [0.5, 0.6) is 0 Å². The largest absolute Gasteiger partial charge is 0.370 e. The number of nitrogens with zero attached hydrogens (tertiary/aromatic N) is 2. The highest BCUT2D eigenvalue weighted by Crippen LogP contribution is 2.08. The van der Waals surface area contributed by atoms with Gasteiger partial charge in [0.15, 0.2) is 0 Å². The van der Waals surface area contributed by atoms with E-state index in [0.29, 0.717) is 6.04 Å². The lowest BCUT2D eigenvalue weighted by Crippen LogP contribution is -2.24. The second-order valence-corrected chi connectivity index (χ2v) is 3.72. The van der Waals surface area contributed by atoms with Crippen molar-refractivity contribution in [2.75, 3.05) is 18.9 Å². The molecule has 15 heavy (non-hydrogen) atoms. The zero-order chi connectivity index (χ0) is 11.3. The first-order chi connectivity index (χ1) is 7.15. The number of likely N-dealkylation sites (N-methyl/N-ethyl adjacent to an activating group) is 1. The van der Waals surface area contributed by atoms with E-state index in [2.05, 4.69) is 34.4 Å². The van der Waals surface area contributed by atoms with Gasteiger partial charge in [-0.05, 0) is 27.8 Å². The van der Waals surface area contributed by atoms with Gasteiger partial charge in [-0.1, -0.05) is 0 Å². The molecular formula is C11H20N4. The first-order valence-electron chi connectivity index (χ1n) is 5.41. The fraction of sp³-hybridized carbons (Fsp3) is 0.636. The minimum Gasteiger partial charge on any atom is -0.370 e. The van der Waals surface area contributed by atoms with E-state index in [1.807, 2.05) is 20.0 Å². The van der Waals surface area contributed by atoms with E-state index in [1.165, 1.54) is 0 Å². The molecule has 0 saturated heterocycles. The van der Waals surface area contributed by atoms with Gasteiger partial charge in [0.1, 0.15) is 11.6 Å². The average Bonchev–Trinajstić information content (AvgIpc) is 2.17. The highest BCUT2D eigenvalue weighted by molar-refractivity contribution is 5.35. The summed E-state index contributed by atoms with van der Waals surface area (Å²) in [6.07, 6.45) is 0.929. The van der Waals surface area contributed by atoms with Crippen LogP contribution in [0.25, 0.3) is 0 Å². The van der Waals surface area contributed by atoms with Gasteiger partial charge in [-0.25, -0.2) is 9.97 Å². The Hall–Kier alpha value is -1.16. The van der Waals surface area contributed by atoms with Crippen molar-refractivity contribution in [2.45, 2.75) is 33.2 Å². The lowest BCUT2D eigenvalue weighted by molar-refractivity contribution is 0.599. The van der Waals surface area contributed by atoms with Crippen LogP contribution in [0.1, 0.15) is 25.4 Å². The number of hydrogen-bond donors (Lipinski definition) is 2. The van der Waals surface area contributed by atoms with E-state index in [0.717, 1.165) is 30.3 Å². The van der Waals surface area contributed by atoms with E-state index < -0.39 is 0 Å². The van der Waals surface area contributed by atoms with Gasteiger partial charge in [0, 0.05) is 30.8 Å². The molecule has 0 fully saturated rings. The zero-order valence-electron chi connectivity index (χ0n) is 9.96. The van der Waals surface area contributed by atoms with Crippen molar-refractivity contribution in [1.29, 1.82) is 0 Å². The Bertz CT molecular complexity index is 311. The van der Waals surface area contributed by atoms with Gasteiger partial charge >= 0.3 is 0 Å². The number of aryl methyl sites for hydroxylation is 1. The van der Waals surface area contributed by atoms with Crippen LogP contribution in [0.15, 0.2) is 6.07 Å². The molecule has 1 aromatic rings. The maximum Gasteiger partial charge on any atom is 0.129 e. The van der Waals surface area contributed by atoms with Gasteiger partial charge in [-0.15, -0.1) is 0 Å². The lowest BCUT2D eigenvalue weighted by Gasteiger charge is -2.11. The van der Waals surface area contributed by atoms with Gasteiger partial charge in [0.25, 0.3) is 0 Å². The summed E-state index contributed by atoms with van der Waals surface area (Å²) >= 11 is 0. The summed E-state index contributed by atoms with van der Waals surface area (Å²) < 4.78 is 0. The quantitative estimate of drug-likeness (QED) is 0.767. The molecule has 0 amide bonds. The highest BCUT2D eigenvalue weighted by Gasteiger charge is 2.05. The number of anilines is 1. The summed E-state index contributed by atoms with van der Waals surface area (Å²) in [4.78, 5) is 8.73. The van der Waals surface area contributed by atoms with Crippen LogP contribution in [-0.4, -0.2) is 29.6 Å². The first-order valence-corrected chi connectivity index (χ1v) is 5.41. The number of aromatic nitrogens is 2. The Balaban J connectivity index is 2.78. The Morgan fingerprint density at radius 3 is 2.73 bits per heavy atom. The second kappa shape index (κ2) is 5.66. The van der Waals surface area contributed by atoms with Crippen LogP contribution in [0.3, 0.4) is 0 Å². The third kappa shape index (κ3) is 3.83. The molecule has 1 atom stereocenters. The Labute approximate surface area is 91.5 Å². The molecule has 0 bridgehead atoms. The fourth-order valence-corrected chi connectivity index (χ4v) is 1.42. The van der Waals surface area contributed by atoms with Crippen molar-refractivity contribution < 1.29 is 0 Å². The van der Waals surface area contributed by atoms with E-state index in [4.69, 9.17) is 0 Å². The monoisotopic (exact) mass is 208 g/mol. The van der Waals surface area contributed by atoms with Crippen LogP contribution in [0, 0.1) is 6.92 Å². The van der Waals surface area contributed by atoms with Crippen molar-refractivity contribution in [2.24, 2.45) is 0 Å². The summed E-state index contributed by atoms with van der Waals surface area (Å²) in [5, 5.41) is 6.41. The molecule has 0 aliphatic carbocycles. The van der Waals surface area contributed by atoms with Crippen LogP contribution in [0.2, 0.25) is 0 Å². The van der Waals surface area contributed by atoms with Crippen LogP contribution >= 0.6 is 0 Å². The van der Waals surface area contributed by atoms with Crippen LogP contribution in [-0.2, 0) is 6.42 Å². The summed E-state index contributed by atoms with van der Waals surface area (Å²) in [5.41, 5.74) is 1.08. The minimum absolute atomic E-state index is 0.439. The average molecular weight is 208 g/mol. The highest BCUT2D eigenvalue weighted by atomic mass is 15.0. The maximum absolute atomic E-state index is 4.41. The molecule has 0 saturated carbocycles. The molecule has 1 aromatic heterocycles. The first kappa shape index (κ1) is 11.9. The number of nitrogens with one attached hydrogen (secondary N) is 2. The van der Waals surface area contributed by atoms with Crippen molar-refractivity contribution in [3.05, 3.63) is 17.6 Å². The Morgan fingerprint density at radius 1 is 1.40 bits per heavy atom. The van der Waals surface area contributed by atoms with Crippen molar-refractivity contribution in [1.82, 2.24) is 15.3 Å². The fourth-order valence-electron chi connectivity index (χ4n) is 1.42. The molecule has 0 aromatic carbocycles. The molecule has 1 heterocycles. The second-order valence-electron chi connectivity index (χ2n) is 3.72. The molecule has 84 valence electrons. The van der Waals surface area contributed by atoms with E-state index >= 15 is 0 Å². The van der Waals surface area contributed by atoms with E-state index in [1.54, 1.807) is 0 Å². The normalized spacial score (nSPS) is 12.5. The molecule has 0 spiro atoms. The van der Waals surface area contributed by atoms with Gasteiger partial charge in [-0.2, -0.15) is 0 Å². The molecule has 0 aliphatic heterocycles. The standard InChI is InChI=1S/C11H20N4/c1-5-13-11-7-10(6-8(2)12-4)14-9(3)15-11/h7-8,12H,5-6H2,1-4H3,(H,13,14,15). The molecule has 1 rings (SSSR count). The maximum atomic E-state index is 4.41. The molecule has 4 nitrogen and oxygen atoms in total. The predicted octanol–water partition coefficient (Wildman–Crippen LogP) is 1.37. The summed E-state index contributed by atoms with van der Waals surface area (Å²) in [7, 11) is 1.96. The molecule has 1 unspecified atom stereocenters. The van der Waals surface area contributed by atoms with Gasteiger partial charge < -0.3 is 10.6 Å². The Morgan fingerprint density at radius 2 is 2.13 bits per heavy atom. The topological polar surface area (TPSA) is 49.8 Å². The third-order valence-electron chi connectivity index (χ3n) is 2.26. The van der Waals surface area contributed by atoms with Crippen molar-refractivity contribution in [3.63, 3.8) is 0 Å². The molecular weight excluding hydrogens is 188 g/mol. The third-order valence-corrected chi connectivity index (χ3v) is 2.26. The zero-order valence-corrected chi connectivity index (χ0v) is 9.96. The van der Waals surface area contributed by atoms with Gasteiger partial charge in [0.2, 0.25) is 0 Å². The van der Waals surface area contributed by atoms with Crippen molar-refractivity contribution in [3.8, 4) is 0 Å². The minimum atomic E-state index is 0.439. The predicted molar refractivity (Wildman–Crippen MR) is 63.2 cm³/mol. The molecule has 2 N–H and O–H groups in total. The van der Waals surface area contributed by atoms with Crippen LogP contribution < -0.4 is 10.6 Å². The molecule has 4 heteroatoms. The van der Waals surface area contributed by atoms with E-state index in [9.17, 15) is 0 Å². The van der Waals surface area contributed by atoms with Gasteiger partial charge in [-0.3, -0.25) is 0 Å². The lowest BCUT2D eigenvalue weighted by atomic mass is 10.2. The summed E-state index contributed by atoms with van der Waals surface area (Å²) in [5.74, 6) is 1.75.